The predicted octanol–water partition coefficient (Wildman–Crippen LogP) is 2.13. The van der Waals surface area contributed by atoms with Crippen LogP contribution < -0.4 is 5.73 Å². The minimum atomic E-state index is -3.24. The molecule has 6 heteroatoms. The lowest BCUT2D eigenvalue weighted by atomic mass is 10.0. The lowest BCUT2D eigenvalue weighted by Crippen LogP contribution is -2.02. The molecule has 21 heavy (non-hydrogen) atoms. The Balaban J connectivity index is 2.49. The highest BCUT2D eigenvalue weighted by Gasteiger charge is 2.11. The van der Waals surface area contributed by atoms with Crippen LogP contribution in [0.4, 0.5) is 5.69 Å². The number of carbonyl (C=O) groups is 1. The number of rotatable bonds is 3. The Kier molecular flexibility index (Phi) is 3.99. The van der Waals surface area contributed by atoms with E-state index in [2.05, 4.69) is 4.74 Å². The minimum Gasteiger partial charge on any atom is -0.465 e. The van der Waals surface area contributed by atoms with Gasteiger partial charge in [0.05, 0.1) is 17.6 Å². The van der Waals surface area contributed by atoms with Crippen LogP contribution in [0.25, 0.3) is 11.1 Å². The van der Waals surface area contributed by atoms with Gasteiger partial charge in [0, 0.05) is 17.5 Å². The average molecular weight is 305 g/mol. The molecule has 0 aliphatic rings. The summed E-state index contributed by atoms with van der Waals surface area (Å²) in [6, 6.07) is 11.1. The summed E-state index contributed by atoms with van der Waals surface area (Å²) in [6.07, 6.45) is 1.15. The highest BCUT2D eigenvalue weighted by Crippen LogP contribution is 2.28. The van der Waals surface area contributed by atoms with Crippen LogP contribution in [-0.4, -0.2) is 27.8 Å². The number of ether oxygens (including phenoxy) is 1. The lowest BCUT2D eigenvalue weighted by molar-refractivity contribution is 0.0601. The second-order valence-corrected chi connectivity index (χ2v) is 6.61. The van der Waals surface area contributed by atoms with Crippen LogP contribution in [0.1, 0.15) is 10.4 Å². The number of nitrogen functional groups attached to an aromatic ring is 1. The van der Waals surface area contributed by atoms with Crippen molar-refractivity contribution in [3.63, 3.8) is 0 Å². The number of nitrogens with two attached hydrogens (primary N) is 1. The molecule has 2 N–H and O–H groups in total. The molecule has 0 saturated carbocycles. The van der Waals surface area contributed by atoms with E-state index < -0.39 is 15.8 Å². The van der Waals surface area contributed by atoms with Gasteiger partial charge in [-0.3, -0.25) is 0 Å². The summed E-state index contributed by atoms with van der Waals surface area (Å²) < 4.78 is 27.6. The monoisotopic (exact) mass is 305 g/mol. The van der Waals surface area contributed by atoms with Crippen LogP contribution in [0, 0.1) is 0 Å². The average Bonchev–Trinajstić information content (AvgIpc) is 2.46. The van der Waals surface area contributed by atoms with E-state index in [0.29, 0.717) is 16.8 Å². The van der Waals surface area contributed by atoms with Gasteiger partial charge in [-0.15, -0.1) is 0 Å². The zero-order chi connectivity index (χ0) is 15.6. The third-order valence-electron chi connectivity index (χ3n) is 3.07. The van der Waals surface area contributed by atoms with Gasteiger partial charge in [-0.25, -0.2) is 13.2 Å². The lowest BCUT2D eigenvalue weighted by Gasteiger charge is -2.09. The van der Waals surface area contributed by atoms with Gasteiger partial charge in [0.15, 0.2) is 9.84 Å². The molecule has 2 rings (SSSR count). The second kappa shape index (κ2) is 5.57. The smallest absolute Gasteiger partial charge is 0.337 e. The summed E-state index contributed by atoms with van der Waals surface area (Å²) in [5.74, 6) is -0.455. The topological polar surface area (TPSA) is 86.5 Å². The van der Waals surface area contributed by atoms with Gasteiger partial charge in [-0.2, -0.15) is 0 Å². The zero-order valence-corrected chi connectivity index (χ0v) is 12.5. The van der Waals surface area contributed by atoms with Crippen molar-refractivity contribution in [2.24, 2.45) is 0 Å². The molecular weight excluding hydrogens is 290 g/mol. The fourth-order valence-corrected chi connectivity index (χ4v) is 2.56. The quantitative estimate of drug-likeness (QED) is 0.693. The Bertz CT molecular complexity index is 780. The normalized spacial score (nSPS) is 11.1. The molecule has 0 atom stereocenters. The fourth-order valence-electron chi connectivity index (χ4n) is 1.93. The van der Waals surface area contributed by atoms with Gasteiger partial charge >= 0.3 is 5.97 Å². The van der Waals surface area contributed by atoms with E-state index in [-0.39, 0.29) is 4.90 Å². The van der Waals surface area contributed by atoms with E-state index in [9.17, 15) is 13.2 Å². The van der Waals surface area contributed by atoms with E-state index in [1.54, 1.807) is 30.3 Å². The summed E-state index contributed by atoms with van der Waals surface area (Å²) >= 11 is 0. The number of methoxy groups -OCH3 is 1. The van der Waals surface area contributed by atoms with Gasteiger partial charge in [0.2, 0.25) is 0 Å². The SMILES string of the molecule is COC(=O)c1ccc(N)c(-c2ccc(S(C)(=O)=O)cc2)c1. The maximum absolute atomic E-state index is 11.6. The van der Waals surface area contributed by atoms with Crippen molar-refractivity contribution in [2.75, 3.05) is 19.1 Å². The molecule has 110 valence electrons. The molecule has 0 aliphatic carbocycles. The van der Waals surface area contributed by atoms with E-state index in [0.717, 1.165) is 11.8 Å². The molecule has 0 radical (unpaired) electrons. The third kappa shape index (κ3) is 3.22. The van der Waals surface area contributed by atoms with Crippen LogP contribution in [0.15, 0.2) is 47.4 Å². The molecule has 2 aromatic carbocycles. The third-order valence-corrected chi connectivity index (χ3v) is 4.20. The molecule has 0 spiro atoms. The van der Waals surface area contributed by atoms with Gasteiger partial charge in [-0.1, -0.05) is 12.1 Å². The number of esters is 1. The molecule has 0 amide bonds. The van der Waals surface area contributed by atoms with Gasteiger partial charge in [-0.05, 0) is 35.9 Å². The number of carbonyl (C=O) groups excluding carboxylic acids is 1. The summed E-state index contributed by atoms with van der Waals surface area (Å²) in [6.45, 7) is 0. The van der Waals surface area contributed by atoms with Gasteiger partial charge in [0.25, 0.3) is 0 Å². The number of sulfone groups is 1. The summed E-state index contributed by atoms with van der Waals surface area (Å²) in [7, 11) is -1.94. The molecular formula is C15H15NO4S. The Morgan fingerprint density at radius 3 is 2.24 bits per heavy atom. The minimum absolute atomic E-state index is 0.231. The highest BCUT2D eigenvalue weighted by atomic mass is 32.2. The first-order valence-electron chi connectivity index (χ1n) is 6.11. The molecule has 2 aromatic rings. The number of hydrogen-bond donors (Lipinski definition) is 1. The second-order valence-electron chi connectivity index (χ2n) is 4.59. The first kappa shape index (κ1) is 15.1. The highest BCUT2D eigenvalue weighted by molar-refractivity contribution is 7.90. The molecule has 0 bridgehead atoms. The van der Waals surface area contributed by atoms with Crippen LogP contribution in [0.5, 0.6) is 0 Å². The zero-order valence-electron chi connectivity index (χ0n) is 11.7. The standard InChI is InChI=1S/C15H15NO4S/c1-20-15(17)11-5-8-14(16)13(9-11)10-3-6-12(7-4-10)21(2,18)19/h3-9H,16H2,1-2H3. The molecule has 0 unspecified atom stereocenters. The van der Waals surface area contributed by atoms with Crippen molar-refractivity contribution in [3.05, 3.63) is 48.0 Å². The summed E-state index contributed by atoms with van der Waals surface area (Å²) in [5.41, 5.74) is 8.17. The maximum atomic E-state index is 11.6. The number of benzene rings is 2. The fraction of sp³-hybridized carbons (Fsp3) is 0.133. The van der Waals surface area contributed by atoms with Crippen molar-refractivity contribution in [1.29, 1.82) is 0 Å². The van der Waals surface area contributed by atoms with E-state index >= 15 is 0 Å². The Hall–Kier alpha value is -2.34. The molecule has 0 heterocycles. The van der Waals surface area contributed by atoms with Crippen LogP contribution >= 0.6 is 0 Å². The summed E-state index contributed by atoms with van der Waals surface area (Å²) in [4.78, 5) is 11.8. The first-order valence-corrected chi connectivity index (χ1v) is 8.00. The molecule has 0 fully saturated rings. The molecule has 5 nitrogen and oxygen atoms in total. The molecule has 0 aromatic heterocycles. The largest absolute Gasteiger partial charge is 0.465 e. The van der Waals surface area contributed by atoms with Crippen LogP contribution in [-0.2, 0) is 14.6 Å². The predicted molar refractivity (Wildman–Crippen MR) is 80.7 cm³/mol. The molecule has 0 aliphatic heterocycles. The van der Waals surface area contributed by atoms with Crippen molar-refractivity contribution in [1.82, 2.24) is 0 Å². The Morgan fingerprint density at radius 2 is 1.71 bits per heavy atom. The van der Waals surface area contributed by atoms with Crippen LogP contribution in [0.2, 0.25) is 0 Å². The maximum Gasteiger partial charge on any atom is 0.337 e. The van der Waals surface area contributed by atoms with Gasteiger partial charge in [0.1, 0.15) is 0 Å². The molecule has 0 saturated heterocycles. The van der Waals surface area contributed by atoms with Crippen molar-refractivity contribution < 1.29 is 17.9 Å². The van der Waals surface area contributed by atoms with Crippen molar-refractivity contribution in [2.45, 2.75) is 4.90 Å². The van der Waals surface area contributed by atoms with Crippen molar-refractivity contribution >= 4 is 21.5 Å². The Labute approximate surface area is 123 Å². The van der Waals surface area contributed by atoms with Crippen molar-refractivity contribution in [3.8, 4) is 11.1 Å². The summed E-state index contributed by atoms with van der Waals surface area (Å²) in [5, 5.41) is 0. The van der Waals surface area contributed by atoms with E-state index in [1.807, 2.05) is 0 Å². The number of hydrogen-bond acceptors (Lipinski definition) is 5. The van der Waals surface area contributed by atoms with E-state index in [1.165, 1.54) is 19.2 Å². The van der Waals surface area contributed by atoms with E-state index in [4.69, 9.17) is 5.73 Å². The van der Waals surface area contributed by atoms with Crippen LogP contribution in [0.3, 0.4) is 0 Å². The first-order chi connectivity index (χ1) is 9.82. The Morgan fingerprint density at radius 1 is 1.10 bits per heavy atom. The van der Waals surface area contributed by atoms with Gasteiger partial charge < -0.3 is 10.5 Å². The number of anilines is 1.